The van der Waals surface area contributed by atoms with Gasteiger partial charge in [-0.05, 0) is 25.7 Å². The Morgan fingerprint density at radius 1 is 0.731 bits per heavy atom. The summed E-state index contributed by atoms with van der Waals surface area (Å²) in [7, 11) is 1.64. The van der Waals surface area contributed by atoms with E-state index in [4.69, 9.17) is 18.9 Å². The van der Waals surface area contributed by atoms with Gasteiger partial charge in [0, 0.05) is 18.9 Å². The quantitative estimate of drug-likeness (QED) is 0.544. The van der Waals surface area contributed by atoms with E-state index in [1.165, 1.54) is 6.42 Å². The molecule has 2 saturated heterocycles. The Morgan fingerprint density at radius 2 is 1.23 bits per heavy atom. The van der Waals surface area contributed by atoms with Crippen LogP contribution in [0.5, 0.6) is 0 Å². The molecule has 160 valence electrons. The van der Waals surface area contributed by atoms with Crippen LogP contribution in [-0.4, -0.2) is 38.5 Å². The Labute approximate surface area is 164 Å². The molecule has 0 radical (unpaired) electrons. The van der Waals surface area contributed by atoms with Crippen molar-refractivity contribution in [3.8, 4) is 0 Å². The molecule has 4 heteroatoms. The minimum Gasteiger partial charge on any atom is -0.374 e. The van der Waals surface area contributed by atoms with Crippen LogP contribution in [0.25, 0.3) is 0 Å². The van der Waals surface area contributed by atoms with Crippen LogP contribution in [0, 0.1) is 5.41 Å². The summed E-state index contributed by atoms with van der Waals surface area (Å²) in [6.07, 6.45) is 6.35. The van der Waals surface area contributed by atoms with Crippen molar-refractivity contribution in [3.05, 3.63) is 0 Å². The molecule has 1 atom stereocenters. The van der Waals surface area contributed by atoms with E-state index in [9.17, 15) is 0 Å². The van der Waals surface area contributed by atoms with Crippen molar-refractivity contribution in [2.75, 3.05) is 26.9 Å². The Morgan fingerprint density at radius 3 is 1.54 bits per heavy atom. The smallest absolute Gasteiger partial charge is 0.282 e. The molecular weight excluding hydrogens is 328 g/mol. The van der Waals surface area contributed by atoms with Crippen molar-refractivity contribution in [1.29, 1.82) is 0 Å². The third-order valence-electron chi connectivity index (χ3n) is 5.09. The minimum absolute atomic E-state index is 0.0175. The van der Waals surface area contributed by atoms with Crippen molar-refractivity contribution in [2.24, 2.45) is 5.41 Å². The highest BCUT2D eigenvalue weighted by atomic mass is 16.9. The van der Waals surface area contributed by atoms with Gasteiger partial charge < -0.3 is 18.9 Å². The molecular formula is C22H48O4. The Hall–Kier alpha value is -0.160. The average molecular weight is 377 g/mol. The lowest BCUT2D eigenvalue weighted by atomic mass is 9.75. The molecule has 0 saturated carbocycles. The summed E-state index contributed by atoms with van der Waals surface area (Å²) in [6, 6.07) is 0. The fraction of sp³-hybridized carbons (Fsp3) is 1.00. The fourth-order valence-corrected chi connectivity index (χ4v) is 3.36. The van der Waals surface area contributed by atoms with Crippen molar-refractivity contribution >= 4 is 0 Å². The first kappa shape index (κ1) is 28.1. The van der Waals surface area contributed by atoms with E-state index >= 15 is 0 Å². The second-order valence-corrected chi connectivity index (χ2v) is 6.39. The highest BCUT2D eigenvalue weighted by Crippen LogP contribution is 2.44. The Bertz CT molecular complexity index is 293. The second kappa shape index (κ2) is 14.8. The molecule has 1 unspecified atom stereocenters. The van der Waals surface area contributed by atoms with Gasteiger partial charge in [-0.3, -0.25) is 0 Å². The van der Waals surface area contributed by atoms with Gasteiger partial charge in [0.25, 0.3) is 5.97 Å². The Balaban J connectivity index is 0. The molecule has 0 aliphatic carbocycles. The lowest BCUT2D eigenvalue weighted by Crippen LogP contribution is -2.56. The first-order chi connectivity index (χ1) is 12.6. The third kappa shape index (κ3) is 7.46. The highest BCUT2D eigenvalue weighted by molar-refractivity contribution is 4.93. The van der Waals surface area contributed by atoms with Crippen molar-refractivity contribution in [3.63, 3.8) is 0 Å². The van der Waals surface area contributed by atoms with Gasteiger partial charge in [-0.1, -0.05) is 68.7 Å². The van der Waals surface area contributed by atoms with Gasteiger partial charge >= 0.3 is 0 Å². The first-order valence-corrected chi connectivity index (χ1v) is 11.0. The van der Waals surface area contributed by atoms with Crippen molar-refractivity contribution in [1.82, 2.24) is 0 Å². The zero-order valence-electron chi connectivity index (χ0n) is 19.5. The maximum atomic E-state index is 6.28. The van der Waals surface area contributed by atoms with Gasteiger partial charge in [0.1, 0.15) is 0 Å². The third-order valence-corrected chi connectivity index (χ3v) is 5.09. The van der Waals surface area contributed by atoms with Gasteiger partial charge in [-0.15, -0.1) is 0 Å². The number of hydrogen-bond donors (Lipinski definition) is 0. The van der Waals surface area contributed by atoms with E-state index < -0.39 is 5.97 Å². The summed E-state index contributed by atoms with van der Waals surface area (Å²) in [5.74, 6) is -0.839. The zero-order chi connectivity index (χ0) is 20.7. The molecule has 1 spiro atoms. The average Bonchev–Trinajstić information content (AvgIpc) is 2.75. The molecule has 0 aromatic rings. The van der Waals surface area contributed by atoms with Crippen molar-refractivity contribution in [2.45, 2.75) is 112 Å². The molecule has 0 aromatic carbocycles. The summed E-state index contributed by atoms with van der Waals surface area (Å²) >= 11 is 0. The van der Waals surface area contributed by atoms with E-state index in [2.05, 4.69) is 13.8 Å². The lowest BCUT2D eigenvalue weighted by Gasteiger charge is -2.50. The predicted molar refractivity (Wildman–Crippen MR) is 112 cm³/mol. The molecule has 2 fully saturated rings. The number of rotatable bonds is 5. The first-order valence-electron chi connectivity index (χ1n) is 11.0. The normalized spacial score (nSPS) is 33.0. The van der Waals surface area contributed by atoms with E-state index in [0.29, 0.717) is 19.6 Å². The molecule has 2 aliphatic heterocycles. The molecule has 2 heterocycles. The second-order valence-electron chi connectivity index (χ2n) is 6.39. The van der Waals surface area contributed by atoms with Crippen molar-refractivity contribution < 1.29 is 18.9 Å². The van der Waals surface area contributed by atoms with Crippen LogP contribution in [-0.2, 0) is 18.9 Å². The van der Waals surface area contributed by atoms with Gasteiger partial charge in [0.2, 0.25) is 0 Å². The summed E-state index contributed by atoms with van der Waals surface area (Å²) in [6.45, 7) is 20.6. The van der Waals surface area contributed by atoms with E-state index in [-0.39, 0.29) is 11.0 Å². The van der Waals surface area contributed by atoms with Crippen LogP contribution in [0.15, 0.2) is 0 Å². The SMILES string of the molecule is CC.CC.CC.CCCC1(CC)CCC2(CO1)COC(CC)(OC)OC2. The van der Waals surface area contributed by atoms with Crippen LogP contribution in [0.2, 0.25) is 0 Å². The van der Waals surface area contributed by atoms with Crippen LogP contribution >= 0.6 is 0 Å². The fourth-order valence-electron chi connectivity index (χ4n) is 3.36. The van der Waals surface area contributed by atoms with Crippen LogP contribution in [0.3, 0.4) is 0 Å². The topological polar surface area (TPSA) is 36.9 Å². The molecule has 4 nitrogen and oxygen atoms in total. The molecule has 2 aliphatic rings. The lowest BCUT2D eigenvalue weighted by molar-refractivity contribution is -0.420. The largest absolute Gasteiger partial charge is 0.374 e. The van der Waals surface area contributed by atoms with Gasteiger partial charge in [-0.25, -0.2) is 0 Å². The summed E-state index contributed by atoms with van der Waals surface area (Å²) in [5, 5.41) is 0. The molecule has 0 aromatic heterocycles. The van der Waals surface area contributed by atoms with Crippen LogP contribution < -0.4 is 0 Å². The molecule has 0 N–H and O–H groups in total. The maximum Gasteiger partial charge on any atom is 0.282 e. The van der Waals surface area contributed by atoms with Gasteiger partial charge in [0.05, 0.1) is 25.4 Å². The summed E-state index contributed by atoms with van der Waals surface area (Å²) < 4.78 is 23.4. The van der Waals surface area contributed by atoms with E-state index in [1.807, 2.05) is 48.5 Å². The monoisotopic (exact) mass is 376 g/mol. The number of hydrogen-bond acceptors (Lipinski definition) is 4. The predicted octanol–water partition coefficient (Wildman–Crippen LogP) is 6.57. The van der Waals surface area contributed by atoms with Gasteiger partial charge in [0.15, 0.2) is 0 Å². The maximum absolute atomic E-state index is 6.28. The van der Waals surface area contributed by atoms with Crippen LogP contribution in [0.1, 0.15) is 101 Å². The Kier molecular flexibility index (Phi) is 16.0. The number of ether oxygens (including phenoxy) is 4. The molecule has 26 heavy (non-hydrogen) atoms. The summed E-state index contributed by atoms with van der Waals surface area (Å²) in [5.41, 5.74) is 0.101. The molecule has 0 bridgehead atoms. The zero-order valence-corrected chi connectivity index (χ0v) is 19.5. The standard InChI is InChI=1S/C16H30O4.3C2H6/c1-5-8-15(6-2)10-9-14(11-18-15)12-19-16(7-3,17-4)20-13-14;3*1-2/h5-13H2,1-4H3;3*1-2H3. The summed E-state index contributed by atoms with van der Waals surface area (Å²) in [4.78, 5) is 0. The van der Waals surface area contributed by atoms with E-state index in [1.54, 1.807) is 7.11 Å². The number of methoxy groups -OCH3 is 1. The highest BCUT2D eigenvalue weighted by Gasteiger charge is 2.49. The van der Waals surface area contributed by atoms with Gasteiger partial charge in [-0.2, -0.15) is 0 Å². The molecule has 2 rings (SSSR count). The van der Waals surface area contributed by atoms with Crippen LogP contribution in [0.4, 0.5) is 0 Å². The van der Waals surface area contributed by atoms with E-state index in [0.717, 1.165) is 32.3 Å². The minimum atomic E-state index is -0.839. The molecule has 0 amide bonds.